The molecule has 2 saturated heterocycles. The number of fused-ring (bicyclic) bond motifs is 2. The average Bonchev–Trinajstić information content (AvgIpc) is 2.99. The van der Waals surface area contributed by atoms with E-state index in [-0.39, 0.29) is 17.9 Å². The molecule has 2 aliphatic rings. The number of amides is 1. The van der Waals surface area contributed by atoms with Crippen molar-refractivity contribution in [2.24, 2.45) is 0 Å². The van der Waals surface area contributed by atoms with Crippen molar-refractivity contribution in [1.29, 1.82) is 0 Å². The standard InChI is InChI=1S/C14H13FN2O2/c1-2-9-3-4-12(15)13(5-9)16-7-11-6-10(16)8-17(11)14(18)19/h1,3-5,10-11H,6-8H2,(H,18,19)/t10-,11-/m0/s1. The van der Waals surface area contributed by atoms with Crippen LogP contribution >= 0.6 is 0 Å². The van der Waals surface area contributed by atoms with E-state index in [1.54, 1.807) is 12.1 Å². The number of terminal acetylenes is 1. The maximum absolute atomic E-state index is 13.9. The molecule has 0 radical (unpaired) electrons. The highest BCUT2D eigenvalue weighted by molar-refractivity contribution is 5.68. The van der Waals surface area contributed by atoms with Crippen molar-refractivity contribution in [3.63, 3.8) is 0 Å². The van der Waals surface area contributed by atoms with E-state index in [0.29, 0.717) is 24.3 Å². The van der Waals surface area contributed by atoms with Gasteiger partial charge in [-0.05, 0) is 24.6 Å². The van der Waals surface area contributed by atoms with Gasteiger partial charge in [-0.15, -0.1) is 6.42 Å². The molecule has 19 heavy (non-hydrogen) atoms. The van der Waals surface area contributed by atoms with Crippen LogP contribution in [0, 0.1) is 18.2 Å². The summed E-state index contributed by atoms with van der Waals surface area (Å²) in [4.78, 5) is 14.4. The van der Waals surface area contributed by atoms with Crippen molar-refractivity contribution in [3.05, 3.63) is 29.6 Å². The predicted octanol–water partition coefficient (Wildman–Crippen LogP) is 1.75. The van der Waals surface area contributed by atoms with Crippen LogP contribution in [0.5, 0.6) is 0 Å². The molecule has 4 nitrogen and oxygen atoms in total. The summed E-state index contributed by atoms with van der Waals surface area (Å²) >= 11 is 0. The Balaban J connectivity index is 1.87. The molecule has 1 N–H and O–H groups in total. The van der Waals surface area contributed by atoms with Gasteiger partial charge < -0.3 is 14.9 Å². The van der Waals surface area contributed by atoms with Gasteiger partial charge >= 0.3 is 6.09 Å². The summed E-state index contributed by atoms with van der Waals surface area (Å²) in [5, 5.41) is 9.04. The molecule has 5 heteroatoms. The van der Waals surface area contributed by atoms with Gasteiger partial charge in [0.05, 0.1) is 11.7 Å². The van der Waals surface area contributed by atoms with Crippen LogP contribution in [0.1, 0.15) is 12.0 Å². The summed E-state index contributed by atoms with van der Waals surface area (Å²) in [5.74, 6) is 2.18. The zero-order chi connectivity index (χ0) is 13.6. The van der Waals surface area contributed by atoms with Gasteiger partial charge in [0.2, 0.25) is 0 Å². The van der Waals surface area contributed by atoms with Crippen LogP contribution in [0.2, 0.25) is 0 Å². The minimum atomic E-state index is -0.898. The fourth-order valence-corrected chi connectivity index (χ4v) is 3.02. The lowest BCUT2D eigenvalue weighted by Gasteiger charge is -2.34. The van der Waals surface area contributed by atoms with Gasteiger partial charge in [-0.25, -0.2) is 9.18 Å². The van der Waals surface area contributed by atoms with Crippen molar-refractivity contribution in [2.45, 2.75) is 18.5 Å². The number of hydrogen-bond acceptors (Lipinski definition) is 2. The van der Waals surface area contributed by atoms with E-state index in [1.807, 2.05) is 4.90 Å². The molecule has 2 fully saturated rings. The smallest absolute Gasteiger partial charge is 0.407 e. The summed E-state index contributed by atoms with van der Waals surface area (Å²) in [6, 6.07) is 4.59. The average molecular weight is 260 g/mol. The van der Waals surface area contributed by atoms with E-state index in [1.165, 1.54) is 11.0 Å². The van der Waals surface area contributed by atoms with E-state index in [4.69, 9.17) is 11.5 Å². The van der Waals surface area contributed by atoms with E-state index in [0.717, 1.165) is 6.42 Å². The first-order valence-corrected chi connectivity index (χ1v) is 6.12. The third-order valence-corrected chi connectivity index (χ3v) is 3.91. The van der Waals surface area contributed by atoms with E-state index in [9.17, 15) is 9.18 Å². The molecule has 1 aromatic carbocycles. The quantitative estimate of drug-likeness (QED) is 0.782. The fourth-order valence-electron chi connectivity index (χ4n) is 3.02. The Morgan fingerprint density at radius 3 is 2.79 bits per heavy atom. The van der Waals surface area contributed by atoms with Crippen molar-refractivity contribution in [3.8, 4) is 12.3 Å². The second-order valence-corrected chi connectivity index (χ2v) is 4.94. The second-order valence-electron chi connectivity index (χ2n) is 4.94. The molecule has 2 bridgehead atoms. The van der Waals surface area contributed by atoms with Gasteiger partial charge in [-0.2, -0.15) is 0 Å². The molecule has 0 unspecified atom stereocenters. The first-order valence-electron chi connectivity index (χ1n) is 6.12. The van der Waals surface area contributed by atoms with Gasteiger partial charge in [0.25, 0.3) is 0 Å². The van der Waals surface area contributed by atoms with Gasteiger partial charge in [0, 0.05) is 24.7 Å². The van der Waals surface area contributed by atoms with Gasteiger partial charge in [-0.1, -0.05) is 5.92 Å². The molecule has 2 atom stereocenters. The van der Waals surface area contributed by atoms with Crippen LogP contribution in [0.4, 0.5) is 14.9 Å². The molecule has 0 aromatic heterocycles. The Bertz CT molecular complexity index is 581. The third-order valence-electron chi connectivity index (χ3n) is 3.91. The number of halogens is 1. The Morgan fingerprint density at radius 1 is 1.42 bits per heavy atom. The lowest BCUT2D eigenvalue weighted by atomic mass is 10.1. The van der Waals surface area contributed by atoms with Crippen molar-refractivity contribution in [2.75, 3.05) is 18.0 Å². The number of nitrogens with zero attached hydrogens (tertiary/aromatic N) is 2. The number of piperazine rings is 1. The van der Waals surface area contributed by atoms with Gasteiger partial charge in [0.1, 0.15) is 5.82 Å². The molecule has 0 saturated carbocycles. The Kier molecular flexibility index (Phi) is 2.59. The molecule has 2 heterocycles. The first kappa shape index (κ1) is 11.8. The van der Waals surface area contributed by atoms with Gasteiger partial charge in [0.15, 0.2) is 0 Å². The predicted molar refractivity (Wildman–Crippen MR) is 68.6 cm³/mol. The minimum absolute atomic E-state index is 0.0450. The van der Waals surface area contributed by atoms with E-state index in [2.05, 4.69) is 5.92 Å². The molecule has 3 rings (SSSR count). The van der Waals surface area contributed by atoms with Crippen LogP contribution in [0.3, 0.4) is 0 Å². The molecule has 98 valence electrons. The molecular formula is C14H13FN2O2. The first-order chi connectivity index (χ1) is 9.10. The maximum atomic E-state index is 13.9. The van der Waals surface area contributed by atoms with E-state index < -0.39 is 6.09 Å². The Hall–Kier alpha value is -2.22. The Morgan fingerprint density at radius 2 is 2.21 bits per heavy atom. The SMILES string of the molecule is C#Cc1ccc(F)c(N2C[C@@H]3C[C@H]2CN3C(=O)O)c1. The third kappa shape index (κ3) is 1.80. The van der Waals surface area contributed by atoms with Crippen LogP contribution in [0.25, 0.3) is 0 Å². The highest BCUT2D eigenvalue weighted by Gasteiger charge is 2.46. The summed E-state index contributed by atoms with van der Waals surface area (Å²) in [7, 11) is 0. The lowest BCUT2D eigenvalue weighted by molar-refractivity contribution is 0.137. The highest BCUT2D eigenvalue weighted by Crippen LogP contribution is 2.36. The number of carbonyl (C=O) groups is 1. The van der Waals surface area contributed by atoms with E-state index >= 15 is 0 Å². The summed E-state index contributed by atoms with van der Waals surface area (Å²) in [5.41, 5.74) is 1.11. The summed E-state index contributed by atoms with van der Waals surface area (Å²) in [6.07, 6.45) is 5.19. The van der Waals surface area contributed by atoms with Crippen LogP contribution < -0.4 is 4.90 Å². The summed E-state index contributed by atoms with van der Waals surface area (Å²) < 4.78 is 13.9. The number of hydrogen-bond donors (Lipinski definition) is 1. The number of likely N-dealkylation sites (tertiary alicyclic amines) is 1. The molecule has 0 aliphatic carbocycles. The number of benzene rings is 1. The summed E-state index contributed by atoms with van der Waals surface area (Å²) in [6.45, 7) is 0.960. The zero-order valence-corrected chi connectivity index (χ0v) is 10.2. The number of carboxylic acid groups (broad SMARTS) is 1. The topological polar surface area (TPSA) is 43.8 Å². The minimum Gasteiger partial charge on any atom is -0.465 e. The van der Waals surface area contributed by atoms with Crippen molar-refractivity contribution >= 4 is 11.8 Å². The molecule has 1 amide bonds. The monoisotopic (exact) mass is 260 g/mol. The Labute approximate surface area is 110 Å². The van der Waals surface area contributed by atoms with Crippen LogP contribution in [-0.2, 0) is 0 Å². The normalized spacial score (nSPS) is 24.6. The largest absolute Gasteiger partial charge is 0.465 e. The molecule has 0 spiro atoms. The highest BCUT2D eigenvalue weighted by atomic mass is 19.1. The number of anilines is 1. The molecule has 1 aromatic rings. The second kappa shape index (κ2) is 4.16. The van der Waals surface area contributed by atoms with Crippen molar-refractivity contribution < 1.29 is 14.3 Å². The van der Waals surface area contributed by atoms with Crippen LogP contribution in [-0.4, -0.2) is 41.3 Å². The number of rotatable bonds is 1. The fraction of sp³-hybridized carbons (Fsp3) is 0.357. The lowest BCUT2D eigenvalue weighted by Crippen LogP contribution is -2.48. The maximum Gasteiger partial charge on any atom is 0.407 e. The van der Waals surface area contributed by atoms with Crippen LogP contribution in [0.15, 0.2) is 18.2 Å². The molecule has 2 aliphatic heterocycles. The zero-order valence-electron chi connectivity index (χ0n) is 10.2. The van der Waals surface area contributed by atoms with Crippen molar-refractivity contribution in [1.82, 2.24) is 4.90 Å². The molecular weight excluding hydrogens is 247 g/mol. The van der Waals surface area contributed by atoms with Gasteiger partial charge in [-0.3, -0.25) is 0 Å².